The maximum atomic E-state index is 12.9. The van der Waals surface area contributed by atoms with Crippen LogP contribution in [0.1, 0.15) is 45.1 Å². The first kappa shape index (κ1) is 94.5. The van der Waals surface area contributed by atoms with Gasteiger partial charge in [0.1, 0.15) is 70.8 Å². The van der Waals surface area contributed by atoms with Gasteiger partial charge in [0.25, 0.3) is 0 Å². The van der Waals surface area contributed by atoms with Gasteiger partial charge in [0.2, 0.25) is 95.0 Å². The number of hydrogen-bond acceptors (Lipinski definition) is 28. The van der Waals surface area contributed by atoms with E-state index in [9.17, 15) is 140 Å². The van der Waals surface area contributed by atoms with Gasteiger partial charge in [-0.15, -0.1) is 0 Å². The second kappa shape index (κ2) is 51.6. The number of carbonyl (C=O) groups is 22. The molecule has 1 aromatic rings. The SMILES string of the molecule is CC(=O)OCC(COP(=O)(O)OCCNC(=O)CCCCC(=O)NCC(=O)NCC(=O)N(CC(=O)O)CC(=O)NCC(=O)NCC(=O)N(CC(=O)O)CC(=O)NCCNC(=O)CN(CC(=O)O)C(=O)CNC(=O)CNC(=O)CN(CC(=O)O)C(=O)CNC(=O)CNC(=O)[C@H](Cc1ccc(O)cc1)NC=O)OC(C)=O. The molecule has 0 spiro atoms. The fourth-order valence-electron chi connectivity index (χ4n) is 8.18. The van der Waals surface area contributed by atoms with Crippen LogP contribution in [-0.4, -0.2) is 337 Å². The van der Waals surface area contributed by atoms with Gasteiger partial charge in [-0.1, -0.05) is 12.1 Å². The molecule has 49 nitrogen and oxygen atoms in total. The highest BCUT2D eigenvalue weighted by Gasteiger charge is 2.29. The zero-order valence-corrected chi connectivity index (χ0v) is 59.5. The fourth-order valence-corrected chi connectivity index (χ4v) is 8.93. The van der Waals surface area contributed by atoms with E-state index in [0.717, 1.165) is 13.8 Å². The number of aliphatic carboxylic acids is 4. The van der Waals surface area contributed by atoms with Crippen molar-refractivity contribution >= 4 is 139 Å². The Morgan fingerprint density at radius 1 is 0.422 bits per heavy atom. The Kier molecular flexibility index (Phi) is 44.7. The van der Waals surface area contributed by atoms with Gasteiger partial charge >= 0.3 is 43.6 Å². The summed E-state index contributed by atoms with van der Waals surface area (Å²) in [5, 5.41) is 72.9. The smallest absolute Gasteiger partial charge is 0.472 e. The first-order valence-corrected chi connectivity index (χ1v) is 33.6. The van der Waals surface area contributed by atoms with Crippen molar-refractivity contribution < 1.29 is 159 Å². The summed E-state index contributed by atoms with van der Waals surface area (Å²) in [6, 6.07) is 4.51. The lowest BCUT2D eigenvalue weighted by Crippen LogP contribution is -2.51. The maximum Gasteiger partial charge on any atom is 0.472 e. The number of nitrogens with zero attached hydrogens (tertiary/aromatic N) is 4. The fraction of sp³-hybridized carbons (Fsp3) is 0.525. The molecule has 0 radical (unpaired) electrons. The van der Waals surface area contributed by atoms with Gasteiger partial charge in [0.15, 0.2) is 6.10 Å². The lowest BCUT2D eigenvalue weighted by molar-refractivity contribution is -0.158. The molecule has 0 bridgehead atoms. The Labute approximate surface area is 617 Å². The number of carboxylic acid groups (broad SMARTS) is 4. The molecular weight excluding hydrogens is 1490 g/mol. The van der Waals surface area contributed by atoms with Gasteiger partial charge in [-0.05, 0) is 30.5 Å². The number of phenols is 1. The molecule has 0 saturated heterocycles. The van der Waals surface area contributed by atoms with Crippen LogP contribution in [0.3, 0.4) is 0 Å². The number of unbranched alkanes of at least 4 members (excludes halogenated alkanes) is 1. The van der Waals surface area contributed by atoms with Crippen LogP contribution in [0, 0.1) is 0 Å². The molecule has 0 aliphatic heterocycles. The van der Waals surface area contributed by atoms with Crippen LogP contribution in [0.25, 0.3) is 0 Å². The monoisotopic (exact) mass is 1580 g/mol. The van der Waals surface area contributed by atoms with E-state index in [-0.39, 0.29) is 50.8 Å². The Balaban J connectivity index is 2.54. The average Bonchev–Trinajstić information content (AvgIpc) is 0.886. The topological polar surface area (TPSA) is 708 Å². The lowest BCUT2D eigenvalue weighted by atomic mass is 10.1. The molecule has 0 saturated carbocycles. The number of rotatable bonds is 55. The molecule has 604 valence electrons. The Morgan fingerprint density at radius 2 is 0.761 bits per heavy atom. The minimum atomic E-state index is -4.70. The Morgan fingerprint density at radius 3 is 1.12 bits per heavy atom. The number of ether oxygens (including phenoxy) is 2. The molecule has 18 N–H and O–H groups in total. The van der Waals surface area contributed by atoms with Crippen molar-refractivity contribution in [3.8, 4) is 5.75 Å². The number of carbonyl (C=O) groups excluding carboxylic acids is 18. The highest BCUT2D eigenvalue weighted by atomic mass is 31.2. The molecule has 50 heteroatoms. The van der Waals surface area contributed by atoms with Crippen molar-refractivity contribution in [2.24, 2.45) is 0 Å². The number of esters is 2. The van der Waals surface area contributed by atoms with Crippen molar-refractivity contribution in [1.29, 1.82) is 0 Å². The molecule has 2 unspecified atom stereocenters. The van der Waals surface area contributed by atoms with Crippen molar-refractivity contribution in [2.75, 3.05) is 144 Å². The van der Waals surface area contributed by atoms with E-state index in [4.69, 9.17) is 18.5 Å². The summed E-state index contributed by atoms with van der Waals surface area (Å²) in [7, 11) is -4.70. The number of nitrogens with one attached hydrogen (secondary N) is 12. The van der Waals surface area contributed by atoms with Crippen LogP contribution in [0.5, 0.6) is 5.75 Å². The average molecular weight is 1580 g/mol. The molecule has 109 heavy (non-hydrogen) atoms. The van der Waals surface area contributed by atoms with Gasteiger partial charge in [-0.3, -0.25) is 115 Å². The molecule has 0 fully saturated rings. The predicted octanol–water partition coefficient (Wildman–Crippen LogP) is -11.8. The number of phosphoric ester groups is 1. The number of benzene rings is 1. The van der Waals surface area contributed by atoms with E-state index in [0.29, 0.717) is 25.2 Å². The predicted molar refractivity (Wildman–Crippen MR) is 357 cm³/mol. The quantitative estimate of drug-likeness (QED) is 0.0125. The van der Waals surface area contributed by atoms with Crippen LogP contribution in [0.15, 0.2) is 24.3 Å². The van der Waals surface area contributed by atoms with Crippen molar-refractivity contribution in [3.63, 3.8) is 0 Å². The van der Waals surface area contributed by atoms with E-state index < -0.39 is 282 Å². The number of aromatic hydroxyl groups is 1. The summed E-state index contributed by atoms with van der Waals surface area (Å²) in [6.07, 6.45) is -0.946. The van der Waals surface area contributed by atoms with Crippen LogP contribution < -0.4 is 63.8 Å². The summed E-state index contributed by atoms with van der Waals surface area (Å²) in [5.41, 5.74) is 0.536. The van der Waals surface area contributed by atoms with Gasteiger partial charge in [-0.2, -0.15) is 0 Å². The lowest BCUT2D eigenvalue weighted by Gasteiger charge is -2.22. The largest absolute Gasteiger partial charge is 0.508 e. The van der Waals surface area contributed by atoms with Crippen LogP contribution in [-0.2, 0) is 135 Å². The molecular formula is C59H85N16O33P. The van der Waals surface area contributed by atoms with Gasteiger partial charge in [0, 0.05) is 52.7 Å². The zero-order chi connectivity index (χ0) is 82.2. The third-order valence-electron chi connectivity index (χ3n) is 13.3. The number of carboxylic acids is 4. The van der Waals surface area contributed by atoms with Gasteiger partial charge in [-0.25, -0.2) is 4.57 Å². The standard InChI is InChI=1S/C59H85N16O33P/c1-35(77)105-32-39(108-36(2)78)33-107-109(103,104)106-14-13-62-41(80)5-3-4-6-42(81)63-16-43(82)66-22-53(92)74(30-57(98)99)26-49(88)64-17-44(83)67-20-51(90)72(28-55(94)95)24-47(86)60-11-12-61-48(87)25-73(29-56(96)97)52(91)21-68-45(84)18-65-50(89)27-75(31-58(100)101)54(93)23-69-46(85)19-70-59(102)40(71-34-76)15-37-7-9-38(79)10-8-37/h7-10,34,39-40,79H,3-6,11-33H2,1-2H3,(H,60,86)(H,61,87)(H,62,80)(H,63,81)(H,64,88)(H,65,89)(H,66,82)(H,67,83)(H,68,84)(H,69,85)(H,70,102)(H,71,76)(H,94,95)(H,96,97)(H,98,99)(H,100,101)(H,103,104)/t39?,40-/m0/s1. The highest BCUT2D eigenvalue weighted by molar-refractivity contribution is 7.47. The second-order valence-electron chi connectivity index (χ2n) is 22.3. The molecule has 3 atom stereocenters. The molecule has 0 aliphatic rings. The molecule has 0 aliphatic carbocycles. The Hall–Kier alpha value is -12.5. The summed E-state index contributed by atoms with van der Waals surface area (Å²) in [5.74, 6) is -22.8. The molecule has 0 aromatic heterocycles. The summed E-state index contributed by atoms with van der Waals surface area (Å²) in [6.45, 7) is -15.6. The van der Waals surface area contributed by atoms with Gasteiger partial charge in [0.05, 0.1) is 65.6 Å². The number of amides is 16. The minimum absolute atomic E-state index is 0.0375. The first-order valence-electron chi connectivity index (χ1n) is 32.1. The highest BCUT2D eigenvalue weighted by Crippen LogP contribution is 2.43. The summed E-state index contributed by atoms with van der Waals surface area (Å²) >= 11 is 0. The minimum Gasteiger partial charge on any atom is -0.508 e. The van der Waals surface area contributed by atoms with E-state index in [1.165, 1.54) is 24.3 Å². The van der Waals surface area contributed by atoms with Crippen molar-refractivity contribution in [3.05, 3.63) is 29.8 Å². The van der Waals surface area contributed by atoms with Crippen LogP contribution >= 0.6 is 7.82 Å². The van der Waals surface area contributed by atoms with E-state index in [1.807, 2.05) is 10.6 Å². The molecule has 1 aromatic carbocycles. The third kappa shape index (κ3) is 46.8. The first-order chi connectivity index (χ1) is 51.3. The van der Waals surface area contributed by atoms with E-state index in [1.54, 1.807) is 0 Å². The number of hydrogen-bond donors (Lipinski definition) is 18. The molecule has 1 rings (SSSR count). The van der Waals surface area contributed by atoms with E-state index >= 15 is 0 Å². The molecule has 0 heterocycles. The number of phosphoric acid groups is 1. The van der Waals surface area contributed by atoms with Crippen LogP contribution in [0.2, 0.25) is 0 Å². The van der Waals surface area contributed by atoms with Crippen molar-refractivity contribution in [1.82, 2.24) is 83.4 Å². The number of phenolic OH excluding ortho intramolecular Hbond substituents is 1. The summed E-state index contributed by atoms with van der Waals surface area (Å²) < 4.78 is 31.1. The van der Waals surface area contributed by atoms with Crippen molar-refractivity contribution in [2.45, 2.75) is 58.1 Å². The maximum absolute atomic E-state index is 12.9. The zero-order valence-electron chi connectivity index (χ0n) is 58.6. The van der Waals surface area contributed by atoms with Gasteiger partial charge < -0.3 is 123 Å². The van der Waals surface area contributed by atoms with E-state index in [2.05, 4.69) is 53.2 Å². The molecule has 16 amide bonds. The Bertz CT molecular complexity index is 3490. The second-order valence-corrected chi connectivity index (χ2v) is 23.8. The summed E-state index contributed by atoms with van der Waals surface area (Å²) in [4.78, 5) is 280. The van der Waals surface area contributed by atoms with Crippen LogP contribution in [0.4, 0.5) is 0 Å². The normalized spacial score (nSPS) is 11.5. The third-order valence-corrected chi connectivity index (χ3v) is 14.2.